The van der Waals surface area contributed by atoms with Gasteiger partial charge in [0.2, 0.25) is 11.8 Å². The number of nitrogens with one attached hydrogen (secondary N) is 1. The molecule has 0 radical (unpaired) electrons. The summed E-state index contributed by atoms with van der Waals surface area (Å²) in [5.74, 6) is 0.387. The van der Waals surface area contributed by atoms with Crippen molar-refractivity contribution in [3.05, 3.63) is 18.2 Å². The van der Waals surface area contributed by atoms with Crippen LogP contribution in [0.15, 0.2) is 18.2 Å². The molecule has 7 heteroatoms. The highest BCUT2D eigenvalue weighted by molar-refractivity contribution is 5.98. The van der Waals surface area contributed by atoms with E-state index >= 15 is 0 Å². The Hall–Kier alpha value is -2.12. The molecule has 1 aliphatic heterocycles. The van der Waals surface area contributed by atoms with Crippen molar-refractivity contribution in [2.24, 2.45) is 0 Å². The first-order valence-electron chi connectivity index (χ1n) is 7.50. The van der Waals surface area contributed by atoms with Gasteiger partial charge in [0.15, 0.2) is 0 Å². The first-order valence-corrected chi connectivity index (χ1v) is 7.50. The molecule has 1 aromatic rings. The van der Waals surface area contributed by atoms with Crippen LogP contribution in [0.5, 0.6) is 5.75 Å². The van der Waals surface area contributed by atoms with E-state index in [1.807, 2.05) is 0 Å². The Balaban J connectivity index is 1.98. The van der Waals surface area contributed by atoms with Gasteiger partial charge in [-0.1, -0.05) is 0 Å². The topological polar surface area (TPSA) is 77.1 Å². The molecule has 0 aromatic heterocycles. The average Bonchev–Trinajstić information content (AvgIpc) is 2.97. The van der Waals surface area contributed by atoms with Gasteiger partial charge in [-0.25, -0.2) is 0 Å². The Kier molecular flexibility index (Phi) is 6.37. The Bertz CT molecular complexity index is 561. The number of benzene rings is 1. The Morgan fingerprint density at radius 2 is 2.13 bits per heavy atom. The molecule has 0 aliphatic carbocycles. The SMILES string of the molecule is COCCOCC(=O)Nc1ccc(N2CCCC2=O)c(OC)c1. The van der Waals surface area contributed by atoms with E-state index in [2.05, 4.69) is 5.32 Å². The summed E-state index contributed by atoms with van der Waals surface area (Å²) < 4.78 is 15.3. The number of anilines is 2. The Morgan fingerprint density at radius 3 is 2.78 bits per heavy atom. The normalized spacial score (nSPS) is 14.2. The molecule has 126 valence electrons. The second kappa shape index (κ2) is 8.50. The van der Waals surface area contributed by atoms with Gasteiger partial charge in [-0.3, -0.25) is 9.59 Å². The van der Waals surface area contributed by atoms with Gasteiger partial charge in [0.1, 0.15) is 12.4 Å². The van der Waals surface area contributed by atoms with Gasteiger partial charge in [-0.15, -0.1) is 0 Å². The fourth-order valence-corrected chi connectivity index (χ4v) is 2.39. The number of hydrogen-bond donors (Lipinski definition) is 1. The lowest BCUT2D eigenvalue weighted by Gasteiger charge is -2.19. The van der Waals surface area contributed by atoms with Gasteiger partial charge in [0, 0.05) is 31.8 Å². The highest BCUT2D eigenvalue weighted by Gasteiger charge is 2.24. The lowest BCUT2D eigenvalue weighted by molar-refractivity contribution is -0.121. The van der Waals surface area contributed by atoms with Crippen LogP contribution in [0.2, 0.25) is 0 Å². The number of methoxy groups -OCH3 is 2. The Labute approximate surface area is 135 Å². The van der Waals surface area contributed by atoms with E-state index < -0.39 is 0 Å². The maximum Gasteiger partial charge on any atom is 0.250 e. The van der Waals surface area contributed by atoms with Crippen molar-refractivity contribution in [2.45, 2.75) is 12.8 Å². The quantitative estimate of drug-likeness (QED) is 0.733. The van der Waals surface area contributed by atoms with Gasteiger partial charge in [-0.2, -0.15) is 0 Å². The van der Waals surface area contributed by atoms with E-state index in [4.69, 9.17) is 14.2 Å². The molecule has 1 saturated heterocycles. The lowest BCUT2D eigenvalue weighted by Crippen LogP contribution is -2.24. The molecule has 0 atom stereocenters. The van der Waals surface area contributed by atoms with Gasteiger partial charge >= 0.3 is 0 Å². The smallest absolute Gasteiger partial charge is 0.250 e. The molecule has 1 fully saturated rings. The van der Waals surface area contributed by atoms with Crippen molar-refractivity contribution in [1.29, 1.82) is 0 Å². The minimum Gasteiger partial charge on any atom is -0.494 e. The van der Waals surface area contributed by atoms with Crippen LogP contribution in [0.3, 0.4) is 0 Å². The summed E-state index contributed by atoms with van der Waals surface area (Å²) in [6.45, 7) is 1.45. The molecule has 0 spiro atoms. The van der Waals surface area contributed by atoms with Crippen LogP contribution in [-0.4, -0.2) is 52.4 Å². The minimum absolute atomic E-state index is 0.0436. The third-order valence-electron chi connectivity index (χ3n) is 3.49. The summed E-state index contributed by atoms with van der Waals surface area (Å²) >= 11 is 0. The van der Waals surface area contributed by atoms with Gasteiger partial charge in [0.25, 0.3) is 0 Å². The summed E-state index contributed by atoms with van der Waals surface area (Å²) in [5, 5.41) is 2.73. The molecule has 0 bridgehead atoms. The maximum atomic E-state index is 11.9. The molecule has 0 saturated carbocycles. The summed E-state index contributed by atoms with van der Waals surface area (Å²) in [6.07, 6.45) is 1.40. The third-order valence-corrected chi connectivity index (χ3v) is 3.49. The van der Waals surface area contributed by atoms with Gasteiger partial charge < -0.3 is 24.4 Å². The zero-order valence-electron chi connectivity index (χ0n) is 13.5. The molecule has 7 nitrogen and oxygen atoms in total. The summed E-state index contributed by atoms with van der Waals surface area (Å²) in [5.41, 5.74) is 1.32. The predicted octanol–water partition coefficient (Wildman–Crippen LogP) is 1.42. The number of hydrogen-bond acceptors (Lipinski definition) is 5. The predicted molar refractivity (Wildman–Crippen MR) is 85.9 cm³/mol. The number of amides is 2. The van der Waals surface area contributed by atoms with Crippen LogP contribution in [0.25, 0.3) is 0 Å². The monoisotopic (exact) mass is 322 g/mol. The van der Waals surface area contributed by atoms with Crippen molar-refractivity contribution in [3.63, 3.8) is 0 Å². The highest BCUT2D eigenvalue weighted by atomic mass is 16.5. The summed E-state index contributed by atoms with van der Waals surface area (Å²) in [6, 6.07) is 5.23. The molecule has 1 heterocycles. The van der Waals surface area contributed by atoms with Crippen molar-refractivity contribution < 1.29 is 23.8 Å². The number of carbonyl (C=O) groups is 2. The molecule has 1 aromatic carbocycles. The number of rotatable bonds is 8. The van der Waals surface area contributed by atoms with Crippen molar-refractivity contribution in [2.75, 3.05) is 50.8 Å². The summed E-state index contributed by atoms with van der Waals surface area (Å²) in [4.78, 5) is 25.3. The molecular weight excluding hydrogens is 300 g/mol. The van der Waals surface area contributed by atoms with Crippen LogP contribution in [0.4, 0.5) is 11.4 Å². The second-order valence-electron chi connectivity index (χ2n) is 5.13. The first kappa shape index (κ1) is 17.2. The standard InChI is InChI=1S/C16H22N2O5/c1-21-8-9-23-11-15(19)17-12-5-6-13(14(10-12)22-2)18-7-3-4-16(18)20/h5-6,10H,3-4,7-9,11H2,1-2H3,(H,17,19). The first-order chi connectivity index (χ1) is 11.2. The van der Waals surface area contributed by atoms with Crippen molar-refractivity contribution >= 4 is 23.2 Å². The van der Waals surface area contributed by atoms with E-state index in [-0.39, 0.29) is 18.4 Å². The molecule has 0 unspecified atom stereocenters. The fraction of sp³-hybridized carbons (Fsp3) is 0.500. The van der Waals surface area contributed by atoms with Gasteiger partial charge in [0.05, 0.1) is 26.0 Å². The molecule has 1 aliphatic rings. The van der Waals surface area contributed by atoms with E-state index in [0.29, 0.717) is 37.6 Å². The molecule has 1 N–H and O–H groups in total. The zero-order chi connectivity index (χ0) is 16.7. The van der Waals surface area contributed by atoms with Crippen molar-refractivity contribution in [1.82, 2.24) is 0 Å². The lowest BCUT2D eigenvalue weighted by atomic mass is 10.2. The van der Waals surface area contributed by atoms with E-state index in [9.17, 15) is 9.59 Å². The molecular formula is C16H22N2O5. The van der Waals surface area contributed by atoms with Crippen molar-refractivity contribution in [3.8, 4) is 5.75 Å². The van der Waals surface area contributed by atoms with Crippen LogP contribution < -0.4 is 15.0 Å². The molecule has 2 amide bonds. The van der Waals surface area contributed by atoms with Crippen LogP contribution in [-0.2, 0) is 19.1 Å². The van der Waals surface area contributed by atoms with Crippen LogP contribution in [0.1, 0.15) is 12.8 Å². The number of carbonyl (C=O) groups excluding carboxylic acids is 2. The molecule has 23 heavy (non-hydrogen) atoms. The largest absolute Gasteiger partial charge is 0.494 e. The average molecular weight is 322 g/mol. The minimum atomic E-state index is -0.256. The van der Waals surface area contributed by atoms with Gasteiger partial charge in [-0.05, 0) is 18.6 Å². The van der Waals surface area contributed by atoms with Crippen LogP contribution in [0, 0.1) is 0 Å². The highest BCUT2D eigenvalue weighted by Crippen LogP contribution is 2.33. The van der Waals surface area contributed by atoms with E-state index in [0.717, 1.165) is 12.1 Å². The Morgan fingerprint density at radius 1 is 1.30 bits per heavy atom. The molecule has 2 rings (SSSR count). The fourth-order valence-electron chi connectivity index (χ4n) is 2.39. The maximum absolute atomic E-state index is 11.9. The van der Waals surface area contributed by atoms with Crippen LogP contribution >= 0.6 is 0 Å². The van der Waals surface area contributed by atoms with E-state index in [1.54, 1.807) is 37.3 Å². The second-order valence-corrected chi connectivity index (χ2v) is 5.13. The number of ether oxygens (including phenoxy) is 3. The number of nitrogens with zero attached hydrogens (tertiary/aromatic N) is 1. The zero-order valence-corrected chi connectivity index (χ0v) is 13.5. The third kappa shape index (κ3) is 4.67. The van der Waals surface area contributed by atoms with E-state index in [1.165, 1.54) is 0 Å². The summed E-state index contributed by atoms with van der Waals surface area (Å²) in [7, 11) is 3.11.